The molecule has 4 amide bonds. The molecule has 1 saturated carbocycles. The number of aromatic amines is 2. The van der Waals surface area contributed by atoms with Gasteiger partial charge >= 0.3 is 12.2 Å². The monoisotopic (exact) mass is 804 g/mol. The Kier molecular flexibility index (Phi) is 10.7. The number of imidazole rings is 2. The number of methoxy groups -OCH3 is 2. The largest absolute Gasteiger partial charge is 0.464 e. The van der Waals surface area contributed by atoms with E-state index in [2.05, 4.69) is 38.8 Å². The number of hydrogen-bond donors (Lipinski definition) is 4. The first kappa shape index (κ1) is 39.7. The van der Waals surface area contributed by atoms with Crippen molar-refractivity contribution < 1.29 is 33.1 Å². The zero-order valence-corrected chi connectivity index (χ0v) is 34.3. The predicted molar refractivity (Wildman–Crippen MR) is 220 cm³/mol. The van der Waals surface area contributed by atoms with E-state index in [0.717, 1.165) is 77.0 Å². The Labute approximate surface area is 342 Å². The second kappa shape index (κ2) is 15.9. The maximum Gasteiger partial charge on any atom is 0.407 e. The van der Waals surface area contributed by atoms with E-state index in [-0.39, 0.29) is 29.7 Å². The highest BCUT2D eigenvalue weighted by atomic mass is 16.5. The van der Waals surface area contributed by atoms with Crippen molar-refractivity contribution in [2.24, 2.45) is 17.8 Å². The smallest absolute Gasteiger partial charge is 0.407 e. The fourth-order valence-corrected chi connectivity index (χ4v) is 9.35. The Morgan fingerprint density at radius 2 is 1.47 bits per heavy atom. The van der Waals surface area contributed by atoms with Gasteiger partial charge in [0.1, 0.15) is 34.9 Å². The summed E-state index contributed by atoms with van der Waals surface area (Å²) in [6.45, 7) is 8.84. The molecule has 5 aromatic rings. The number of alkyl carbamates (subject to hydrolysis) is 2. The van der Waals surface area contributed by atoms with Gasteiger partial charge in [-0.25, -0.2) is 19.6 Å². The van der Waals surface area contributed by atoms with Gasteiger partial charge in [0.25, 0.3) is 0 Å². The normalized spacial score (nSPS) is 21.0. The van der Waals surface area contributed by atoms with Gasteiger partial charge in [-0.2, -0.15) is 0 Å². The van der Waals surface area contributed by atoms with Crippen LogP contribution in [0.25, 0.3) is 44.6 Å². The summed E-state index contributed by atoms with van der Waals surface area (Å²) in [5, 5.41) is 6.40. The van der Waals surface area contributed by atoms with Crippen molar-refractivity contribution in [3.05, 3.63) is 72.8 Å². The van der Waals surface area contributed by atoms with Crippen molar-refractivity contribution in [1.29, 1.82) is 0 Å². The minimum Gasteiger partial charge on any atom is -0.464 e. The number of piperidine rings is 1. The van der Waals surface area contributed by atoms with Crippen molar-refractivity contribution >= 4 is 35.0 Å². The summed E-state index contributed by atoms with van der Waals surface area (Å²) in [5.41, 5.74) is 5.40. The number of carbonyl (C=O) groups excluding carboxylic acids is 4. The van der Waals surface area contributed by atoms with E-state index in [1.807, 2.05) is 69.3 Å². The highest BCUT2D eigenvalue weighted by Gasteiger charge is 2.56. The second-order valence-electron chi connectivity index (χ2n) is 16.7. The first-order valence-electron chi connectivity index (χ1n) is 20.5. The molecule has 4 N–H and O–H groups in total. The summed E-state index contributed by atoms with van der Waals surface area (Å²) in [6, 6.07) is 12.6. The van der Waals surface area contributed by atoms with Crippen LogP contribution in [0.3, 0.4) is 0 Å². The number of H-pyrrole nitrogens is 2. The van der Waals surface area contributed by atoms with Crippen LogP contribution in [0.5, 0.6) is 0 Å². The molecule has 0 spiro atoms. The first-order valence-corrected chi connectivity index (χ1v) is 20.5. The van der Waals surface area contributed by atoms with Gasteiger partial charge < -0.3 is 44.3 Å². The molecule has 5 atom stereocenters. The Bertz CT molecular complexity index is 2360. The molecule has 3 aromatic heterocycles. The van der Waals surface area contributed by atoms with Crippen LogP contribution in [0.1, 0.15) is 77.5 Å². The number of rotatable bonds is 11. The van der Waals surface area contributed by atoms with E-state index in [4.69, 9.17) is 23.9 Å². The van der Waals surface area contributed by atoms with Gasteiger partial charge in [-0.3, -0.25) is 9.59 Å². The van der Waals surface area contributed by atoms with Crippen LogP contribution >= 0.6 is 0 Å². The van der Waals surface area contributed by atoms with E-state index in [9.17, 15) is 19.2 Å². The Morgan fingerprint density at radius 3 is 2.15 bits per heavy atom. The third kappa shape index (κ3) is 7.20. The maximum absolute atomic E-state index is 14.0. The molecule has 2 bridgehead atoms. The van der Waals surface area contributed by atoms with E-state index < -0.39 is 29.8 Å². The van der Waals surface area contributed by atoms with Gasteiger partial charge in [0.05, 0.1) is 37.9 Å². The van der Waals surface area contributed by atoms with Gasteiger partial charge in [-0.1, -0.05) is 58.0 Å². The number of ether oxygens (including phenoxy) is 2. The lowest BCUT2D eigenvalue weighted by atomic mass is 9.93. The number of hydrogen-bond acceptors (Lipinski definition) is 9. The summed E-state index contributed by atoms with van der Waals surface area (Å²) < 4.78 is 15.7. The number of nitrogens with one attached hydrogen (secondary N) is 4. The number of fused-ring (bicyclic) bond motifs is 3. The van der Waals surface area contributed by atoms with Crippen molar-refractivity contribution in [2.45, 2.75) is 83.5 Å². The van der Waals surface area contributed by atoms with Crippen LogP contribution in [0.15, 0.2) is 65.5 Å². The molecule has 59 heavy (non-hydrogen) atoms. The second-order valence-corrected chi connectivity index (χ2v) is 16.7. The molecule has 310 valence electrons. The van der Waals surface area contributed by atoms with Crippen LogP contribution in [0.2, 0.25) is 0 Å². The molecule has 1 aliphatic carbocycles. The number of carbonyl (C=O) groups is 4. The zero-order valence-electron chi connectivity index (χ0n) is 34.3. The van der Waals surface area contributed by atoms with E-state index >= 15 is 0 Å². The van der Waals surface area contributed by atoms with Gasteiger partial charge in [-0.15, -0.1) is 0 Å². The van der Waals surface area contributed by atoms with Crippen molar-refractivity contribution in [1.82, 2.24) is 40.4 Å². The molecule has 2 aliphatic heterocycles. The van der Waals surface area contributed by atoms with Crippen LogP contribution in [0, 0.1) is 17.8 Å². The Hall–Kier alpha value is -6.12. The van der Waals surface area contributed by atoms with Gasteiger partial charge in [0, 0.05) is 42.0 Å². The molecular weight excluding hydrogens is 753 g/mol. The molecular formula is C44H52N8O7. The number of aromatic nitrogens is 4. The predicted octanol–water partition coefficient (Wildman–Crippen LogP) is 7.14. The summed E-state index contributed by atoms with van der Waals surface area (Å²) in [6.07, 6.45) is 8.40. The average Bonchev–Trinajstić information content (AvgIpc) is 4.10. The van der Waals surface area contributed by atoms with Crippen molar-refractivity contribution in [3.63, 3.8) is 0 Å². The molecule has 15 nitrogen and oxygen atoms in total. The third-order valence-electron chi connectivity index (χ3n) is 12.5. The molecule has 3 aliphatic rings. The maximum atomic E-state index is 14.0. The Morgan fingerprint density at radius 1 is 0.814 bits per heavy atom. The minimum absolute atomic E-state index is 0.115. The average molecular weight is 805 g/mol. The minimum atomic E-state index is -0.712. The molecule has 15 heteroatoms. The summed E-state index contributed by atoms with van der Waals surface area (Å²) in [5.74, 6) is 1.30. The zero-order chi connectivity index (χ0) is 41.6. The number of benzene rings is 2. The molecule has 0 radical (unpaired) electrons. The number of amides is 4. The molecule has 2 aromatic carbocycles. The first-order chi connectivity index (χ1) is 28.4. The molecule has 3 fully saturated rings. The molecule has 8 rings (SSSR count). The van der Waals surface area contributed by atoms with Crippen LogP contribution in [0.4, 0.5) is 9.59 Å². The van der Waals surface area contributed by atoms with Crippen LogP contribution in [-0.2, 0) is 24.6 Å². The highest BCUT2D eigenvalue weighted by molar-refractivity contribution is 6.01. The quantitative estimate of drug-likeness (QED) is 0.108. The van der Waals surface area contributed by atoms with E-state index in [0.29, 0.717) is 30.4 Å². The fourth-order valence-electron chi connectivity index (χ4n) is 9.35. The molecule has 2 saturated heterocycles. The number of furan rings is 1. The number of nitrogens with zero attached hydrogens (tertiary/aromatic N) is 4. The SMILES string of the molecule is COC(=O)N[C@H](C(=O)N1CC2CCC1(c1nc(-c3ccc(-c4ccc(-c5c[nH]c([C@@H]6CCCN6C(=O)[C@H](NC(=O)OC)C(C)C)n5)cc4)c4ccoc34)c[nH]1)C2)C(C)C. The summed E-state index contributed by atoms with van der Waals surface area (Å²) >= 11 is 0. The summed E-state index contributed by atoms with van der Waals surface area (Å²) in [7, 11) is 2.59. The van der Waals surface area contributed by atoms with Crippen molar-refractivity contribution in [2.75, 3.05) is 27.3 Å². The lowest BCUT2D eigenvalue weighted by molar-refractivity contribution is -0.140. The number of likely N-dealkylation sites (tertiary alicyclic amines) is 2. The van der Waals surface area contributed by atoms with Crippen LogP contribution in [-0.4, -0.2) is 93.1 Å². The highest BCUT2D eigenvalue weighted by Crippen LogP contribution is 2.53. The van der Waals surface area contributed by atoms with E-state index in [1.165, 1.54) is 14.2 Å². The topological polar surface area (TPSA) is 188 Å². The van der Waals surface area contributed by atoms with Crippen LogP contribution < -0.4 is 10.6 Å². The Balaban J connectivity index is 1.01. The standard InChI is InChI=1S/C44H52N8O7/c1-24(2)35(49-42(55)57-5)39(53)51-18-7-8-34(51)38-45-21-32(47-38)28-11-9-27(10-12-28)29-13-14-31(37-30(29)16-19-59-37)33-22-46-41(48-33)44-17-15-26(20-44)23-52(44)40(54)36(25(3)4)50-43(56)58-6/h9-14,16,19,21-22,24-26,34-36H,7-8,15,17-18,20,23H2,1-6H3,(H,45,47)(H,46,48)(H,49,55)(H,50,56)/t26?,34-,35+,36-,44?/m0/s1. The van der Waals surface area contributed by atoms with Gasteiger partial charge in [-0.05, 0) is 73.1 Å². The molecule has 5 heterocycles. The third-order valence-corrected chi connectivity index (χ3v) is 12.5. The van der Waals surface area contributed by atoms with Gasteiger partial charge in [0.15, 0.2) is 0 Å². The van der Waals surface area contributed by atoms with Crippen molar-refractivity contribution in [3.8, 4) is 33.6 Å². The lowest BCUT2D eigenvalue weighted by Gasteiger charge is -2.40. The van der Waals surface area contributed by atoms with E-state index in [1.54, 1.807) is 11.2 Å². The van der Waals surface area contributed by atoms with Gasteiger partial charge in [0.2, 0.25) is 11.8 Å². The lowest BCUT2D eigenvalue weighted by Crippen LogP contribution is -2.56. The fraction of sp³-hybridized carbons (Fsp3) is 0.455. The molecule has 2 unspecified atom stereocenters. The summed E-state index contributed by atoms with van der Waals surface area (Å²) in [4.78, 5) is 72.3.